The molecule has 29 heavy (non-hydrogen) atoms. The van der Waals surface area contributed by atoms with E-state index in [1.54, 1.807) is 39.0 Å². The summed E-state index contributed by atoms with van der Waals surface area (Å²) in [5.41, 5.74) is 2.01. The third kappa shape index (κ3) is 7.17. The minimum absolute atomic E-state index is 0.0194. The molecular weight excluding hydrogens is 387 g/mol. The van der Waals surface area contributed by atoms with E-state index in [9.17, 15) is 22.8 Å². The lowest BCUT2D eigenvalue weighted by molar-refractivity contribution is -0.154. The number of alkyl halides is 3. The molecule has 0 aliphatic carbocycles. The van der Waals surface area contributed by atoms with Crippen molar-refractivity contribution in [2.75, 3.05) is 6.61 Å². The molecule has 0 aromatic carbocycles. The topological polar surface area (TPSA) is 81.2 Å². The predicted octanol–water partition coefficient (Wildman–Crippen LogP) is 3.74. The van der Waals surface area contributed by atoms with Gasteiger partial charge in [0, 0.05) is 42.1 Å². The molecule has 1 N–H and O–H groups in total. The van der Waals surface area contributed by atoms with Crippen molar-refractivity contribution in [3.05, 3.63) is 53.0 Å². The number of hydrogen-bond acceptors (Lipinski definition) is 5. The second-order valence-corrected chi connectivity index (χ2v) is 6.58. The molecular formula is C20H22F3N3O3. The zero-order valence-electron chi connectivity index (χ0n) is 16.3. The van der Waals surface area contributed by atoms with E-state index in [1.165, 1.54) is 12.3 Å². The smallest absolute Gasteiger partial charge is 0.422 e. The maximum absolute atomic E-state index is 12.6. The highest BCUT2D eigenvalue weighted by molar-refractivity contribution is 5.95. The van der Waals surface area contributed by atoms with Crippen molar-refractivity contribution in [1.29, 1.82) is 0 Å². The number of ether oxygens (including phenoxy) is 1. The number of carbonyl (C=O) groups is 2. The molecule has 2 rings (SSSR count). The van der Waals surface area contributed by atoms with Gasteiger partial charge >= 0.3 is 6.18 Å². The summed E-state index contributed by atoms with van der Waals surface area (Å²) in [4.78, 5) is 32.3. The van der Waals surface area contributed by atoms with Crippen LogP contribution in [-0.2, 0) is 11.2 Å². The van der Waals surface area contributed by atoms with E-state index in [-0.39, 0.29) is 24.0 Å². The number of Topliss-reactive ketones (excluding diaryl/α,β-unsaturated/α-hetero) is 1. The standard InChI is InChI=1S/C20H22F3N3O3/c1-4-17(27)10-16-8-15(7-12(2)25-16)19(28)26-13(3)14-5-6-24-18(9-14)29-11-20(21,22)23/h5-9,13H,4,10-11H2,1-3H3,(H,26,28). The minimum Gasteiger partial charge on any atom is -0.468 e. The van der Waals surface area contributed by atoms with Crippen LogP contribution in [0, 0.1) is 6.92 Å². The number of halogens is 3. The average molecular weight is 409 g/mol. The maximum Gasteiger partial charge on any atom is 0.422 e. The minimum atomic E-state index is -4.46. The van der Waals surface area contributed by atoms with Gasteiger partial charge < -0.3 is 10.1 Å². The van der Waals surface area contributed by atoms with Crippen molar-refractivity contribution in [2.24, 2.45) is 0 Å². The van der Waals surface area contributed by atoms with Crippen LogP contribution in [0.2, 0.25) is 0 Å². The van der Waals surface area contributed by atoms with Crippen molar-refractivity contribution >= 4 is 11.7 Å². The molecule has 2 aromatic heterocycles. The molecule has 9 heteroatoms. The molecule has 0 aliphatic rings. The van der Waals surface area contributed by atoms with E-state index in [1.807, 2.05) is 0 Å². The Hall–Kier alpha value is -2.97. The quantitative estimate of drug-likeness (QED) is 0.718. The van der Waals surface area contributed by atoms with E-state index in [0.717, 1.165) is 0 Å². The molecule has 0 aliphatic heterocycles. The van der Waals surface area contributed by atoms with Gasteiger partial charge in [0.1, 0.15) is 5.78 Å². The summed E-state index contributed by atoms with van der Waals surface area (Å²) < 4.78 is 41.5. The highest BCUT2D eigenvalue weighted by Gasteiger charge is 2.28. The lowest BCUT2D eigenvalue weighted by Gasteiger charge is -2.16. The first kappa shape index (κ1) is 22.3. The Morgan fingerprint density at radius 3 is 2.62 bits per heavy atom. The van der Waals surface area contributed by atoms with Crippen LogP contribution in [-0.4, -0.2) is 34.4 Å². The van der Waals surface area contributed by atoms with Gasteiger partial charge in [0.05, 0.1) is 6.04 Å². The Morgan fingerprint density at radius 2 is 1.97 bits per heavy atom. The molecule has 0 saturated heterocycles. The lowest BCUT2D eigenvalue weighted by Crippen LogP contribution is -2.27. The van der Waals surface area contributed by atoms with Crippen LogP contribution in [0.4, 0.5) is 13.2 Å². The molecule has 0 bridgehead atoms. The Balaban J connectivity index is 2.10. The van der Waals surface area contributed by atoms with Gasteiger partial charge in [-0.3, -0.25) is 14.6 Å². The van der Waals surface area contributed by atoms with Gasteiger partial charge in [0.25, 0.3) is 5.91 Å². The van der Waals surface area contributed by atoms with Gasteiger partial charge in [0.2, 0.25) is 5.88 Å². The largest absolute Gasteiger partial charge is 0.468 e. The monoisotopic (exact) mass is 409 g/mol. The number of nitrogens with zero attached hydrogens (tertiary/aromatic N) is 2. The number of aryl methyl sites for hydroxylation is 1. The lowest BCUT2D eigenvalue weighted by atomic mass is 10.1. The van der Waals surface area contributed by atoms with Crippen molar-refractivity contribution in [3.8, 4) is 5.88 Å². The molecule has 1 unspecified atom stereocenters. The molecule has 6 nitrogen and oxygen atoms in total. The summed E-state index contributed by atoms with van der Waals surface area (Å²) in [5, 5.41) is 2.78. The third-order valence-corrected chi connectivity index (χ3v) is 4.03. The first-order valence-electron chi connectivity index (χ1n) is 9.03. The second kappa shape index (κ2) is 9.49. The number of carbonyl (C=O) groups excluding carboxylic acids is 2. The molecule has 0 spiro atoms. The fourth-order valence-electron chi connectivity index (χ4n) is 2.58. The zero-order valence-corrected chi connectivity index (χ0v) is 16.3. The van der Waals surface area contributed by atoms with Crippen molar-refractivity contribution in [2.45, 2.75) is 45.8 Å². The fourth-order valence-corrected chi connectivity index (χ4v) is 2.58. The highest BCUT2D eigenvalue weighted by Crippen LogP contribution is 2.20. The number of rotatable bonds is 8. The van der Waals surface area contributed by atoms with Gasteiger partial charge in [-0.2, -0.15) is 13.2 Å². The molecule has 0 radical (unpaired) electrons. The zero-order chi connectivity index (χ0) is 21.6. The summed E-state index contributed by atoms with van der Waals surface area (Å²) in [7, 11) is 0. The van der Waals surface area contributed by atoms with Crippen LogP contribution in [0.5, 0.6) is 5.88 Å². The number of ketones is 1. The molecule has 156 valence electrons. The van der Waals surface area contributed by atoms with E-state index in [0.29, 0.717) is 28.9 Å². The molecule has 1 amide bonds. The first-order chi connectivity index (χ1) is 13.6. The van der Waals surface area contributed by atoms with Crippen LogP contribution in [0.15, 0.2) is 30.5 Å². The number of amides is 1. The summed E-state index contributed by atoms with van der Waals surface area (Å²) in [6.45, 7) is 3.73. The number of hydrogen-bond donors (Lipinski definition) is 1. The summed E-state index contributed by atoms with van der Waals surface area (Å²) >= 11 is 0. The molecule has 2 heterocycles. The van der Waals surface area contributed by atoms with E-state index >= 15 is 0 Å². The molecule has 2 aromatic rings. The summed E-state index contributed by atoms with van der Waals surface area (Å²) in [6.07, 6.45) is -2.62. The Labute approximate surface area is 166 Å². The van der Waals surface area contributed by atoms with Gasteiger partial charge in [-0.25, -0.2) is 4.98 Å². The van der Waals surface area contributed by atoms with E-state index < -0.39 is 18.8 Å². The molecule has 1 atom stereocenters. The average Bonchev–Trinajstić information content (AvgIpc) is 2.65. The first-order valence-corrected chi connectivity index (χ1v) is 9.03. The highest BCUT2D eigenvalue weighted by atomic mass is 19.4. The van der Waals surface area contributed by atoms with Crippen LogP contribution in [0.1, 0.15) is 53.6 Å². The Morgan fingerprint density at radius 1 is 1.24 bits per heavy atom. The van der Waals surface area contributed by atoms with Crippen LogP contribution in [0.25, 0.3) is 0 Å². The Bertz CT molecular complexity index is 885. The van der Waals surface area contributed by atoms with Gasteiger partial charge in [0.15, 0.2) is 6.61 Å². The van der Waals surface area contributed by atoms with E-state index in [2.05, 4.69) is 20.0 Å². The predicted molar refractivity (Wildman–Crippen MR) is 99.6 cm³/mol. The third-order valence-electron chi connectivity index (χ3n) is 4.03. The SMILES string of the molecule is CCC(=O)Cc1cc(C(=O)NC(C)c2ccnc(OCC(F)(F)F)c2)cc(C)n1. The second-order valence-electron chi connectivity index (χ2n) is 6.58. The maximum atomic E-state index is 12.6. The summed E-state index contributed by atoms with van der Waals surface area (Å²) in [6, 6.07) is 5.58. The number of aromatic nitrogens is 2. The van der Waals surface area contributed by atoms with Gasteiger partial charge in [-0.15, -0.1) is 0 Å². The van der Waals surface area contributed by atoms with Crippen molar-refractivity contribution in [3.63, 3.8) is 0 Å². The molecule has 0 fully saturated rings. The van der Waals surface area contributed by atoms with Crippen LogP contribution >= 0.6 is 0 Å². The van der Waals surface area contributed by atoms with Gasteiger partial charge in [-0.1, -0.05) is 6.92 Å². The normalized spacial score (nSPS) is 12.3. The Kier molecular flexibility index (Phi) is 7.30. The van der Waals surface area contributed by atoms with Gasteiger partial charge in [-0.05, 0) is 37.6 Å². The summed E-state index contributed by atoms with van der Waals surface area (Å²) in [5.74, 6) is -0.546. The van der Waals surface area contributed by atoms with E-state index in [4.69, 9.17) is 0 Å². The van der Waals surface area contributed by atoms with Crippen molar-refractivity contribution < 1.29 is 27.5 Å². The number of pyridine rings is 2. The van der Waals surface area contributed by atoms with Crippen molar-refractivity contribution in [1.82, 2.24) is 15.3 Å². The molecule has 0 saturated carbocycles. The van der Waals surface area contributed by atoms with Crippen LogP contribution in [0.3, 0.4) is 0 Å². The fraction of sp³-hybridized carbons (Fsp3) is 0.400. The number of nitrogens with one attached hydrogen (secondary N) is 1. The van der Waals surface area contributed by atoms with Crippen LogP contribution < -0.4 is 10.1 Å².